The molecule has 0 bridgehead atoms. The average Bonchev–Trinajstić information content (AvgIpc) is 2.60. The molecule has 2 aromatic rings. The van der Waals surface area contributed by atoms with E-state index in [2.05, 4.69) is 5.32 Å². The molecule has 2 rings (SSSR count). The Morgan fingerprint density at radius 1 is 1.17 bits per heavy atom. The Morgan fingerprint density at radius 3 is 2.46 bits per heavy atom. The van der Waals surface area contributed by atoms with E-state index in [1.165, 1.54) is 44.6 Å². The van der Waals surface area contributed by atoms with Crippen molar-refractivity contribution in [3.8, 4) is 23.3 Å². The van der Waals surface area contributed by atoms with Crippen molar-refractivity contribution in [3.63, 3.8) is 0 Å². The van der Waals surface area contributed by atoms with Gasteiger partial charge in [-0.2, -0.15) is 5.26 Å². The maximum atomic E-state index is 12.3. The number of hydrogen-bond donors (Lipinski definition) is 2. The number of nitriles is 1. The molecule has 1 amide bonds. The third-order valence-electron chi connectivity index (χ3n) is 3.22. The van der Waals surface area contributed by atoms with Gasteiger partial charge in [-0.25, -0.2) is 0 Å². The van der Waals surface area contributed by atoms with Gasteiger partial charge in [0.15, 0.2) is 11.5 Å². The number of anilines is 1. The molecule has 0 heterocycles. The van der Waals surface area contributed by atoms with E-state index >= 15 is 0 Å². The Morgan fingerprint density at radius 2 is 1.88 bits per heavy atom. The number of carbonyl (C=O) groups excluding carboxylic acids is 1. The average molecular weight is 324 g/mol. The summed E-state index contributed by atoms with van der Waals surface area (Å²) >= 11 is 0. The van der Waals surface area contributed by atoms with Crippen molar-refractivity contribution in [2.24, 2.45) is 0 Å². The quantitative estimate of drug-likeness (QED) is 0.501. The Hall–Kier alpha value is -3.46. The SMILES string of the molecule is COc1cccc(/C=C(/C#N)C(=O)Nc2ccc(O)cc2)c1OC. The van der Waals surface area contributed by atoms with Gasteiger partial charge in [-0.3, -0.25) is 4.79 Å². The molecule has 0 saturated heterocycles. The highest BCUT2D eigenvalue weighted by Crippen LogP contribution is 2.32. The van der Waals surface area contributed by atoms with Crippen LogP contribution in [0.2, 0.25) is 0 Å². The Labute approximate surface area is 139 Å². The largest absolute Gasteiger partial charge is 0.508 e. The third kappa shape index (κ3) is 3.84. The molecule has 0 aliphatic rings. The molecule has 2 N–H and O–H groups in total. The van der Waals surface area contributed by atoms with Crippen LogP contribution in [0.5, 0.6) is 17.2 Å². The van der Waals surface area contributed by atoms with E-state index in [0.29, 0.717) is 22.7 Å². The highest BCUT2D eigenvalue weighted by molar-refractivity contribution is 6.09. The molecule has 6 nitrogen and oxygen atoms in total. The summed E-state index contributed by atoms with van der Waals surface area (Å²) in [5, 5.41) is 21.1. The van der Waals surface area contributed by atoms with Gasteiger partial charge in [0.1, 0.15) is 17.4 Å². The number of carbonyl (C=O) groups is 1. The topological polar surface area (TPSA) is 91.6 Å². The number of para-hydroxylation sites is 1. The minimum atomic E-state index is -0.562. The van der Waals surface area contributed by atoms with E-state index in [1.807, 2.05) is 6.07 Å². The van der Waals surface area contributed by atoms with Gasteiger partial charge in [-0.15, -0.1) is 0 Å². The van der Waals surface area contributed by atoms with E-state index < -0.39 is 5.91 Å². The number of nitrogens with one attached hydrogen (secondary N) is 1. The van der Waals surface area contributed by atoms with Gasteiger partial charge in [0, 0.05) is 11.3 Å². The number of phenolic OH excluding ortho intramolecular Hbond substituents is 1. The molecule has 0 spiro atoms. The van der Waals surface area contributed by atoms with E-state index in [9.17, 15) is 15.2 Å². The lowest BCUT2D eigenvalue weighted by Gasteiger charge is -2.10. The van der Waals surface area contributed by atoms with Gasteiger partial charge in [0.25, 0.3) is 5.91 Å². The molecule has 6 heteroatoms. The summed E-state index contributed by atoms with van der Waals surface area (Å²) in [5.41, 5.74) is 0.931. The van der Waals surface area contributed by atoms with Crippen LogP contribution in [0.15, 0.2) is 48.0 Å². The smallest absolute Gasteiger partial charge is 0.266 e. The maximum Gasteiger partial charge on any atom is 0.266 e. The van der Waals surface area contributed by atoms with Gasteiger partial charge in [-0.05, 0) is 36.4 Å². The molecular formula is C18H16N2O4. The van der Waals surface area contributed by atoms with Crippen molar-refractivity contribution < 1.29 is 19.4 Å². The molecule has 2 aromatic carbocycles. The first-order chi connectivity index (χ1) is 11.6. The molecule has 0 aliphatic carbocycles. The monoisotopic (exact) mass is 324 g/mol. The van der Waals surface area contributed by atoms with Gasteiger partial charge < -0.3 is 19.9 Å². The van der Waals surface area contributed by atoms with Crippen LogP contribution < -0.4 is 14.8 Å². The minimum Gasteiger partial charge on any atom is -0.508 e. The summed E-state index contributed by atoms with van der Waals surface area (Å²) in [5.74, 6) is 0.464. The summed E-state index contributed by atoms with van der Waals surface area (Å²) < 4.78 is 10.5. The molecule has 24 heavy (non-hydrogen) atoms. The van der Waals surface area contributed by atoms with Gasteiger partial charge >= 0.3 is 0 Å². The van der Waals surface area contributed by atoms with Crippen LogP contribution in [-0.4, -0.2) is 25.2 Å². The van der Waals surface area contributed by atoms with Gasteiger partial charge in [0.2, 0.25) is 0 Å². The lowest BCUT2D eigenvalue weighted by molar-refractivity contribution is -0.112. The van der Waals surface area contributed by atoms with E-state index in [1.54, 1.807) is 18.2 Å². The highest BCUT2D eigenvalue weighted by atomic mass is 16.5. The lowest BCUT2D eigenvalue weighted by atomic mass is 10.1. The number of benzene rings is 2. The molecule has 0 aromatic heterocycles. The Kier molecular flexibility index (Phi) is 5.42. The molecule has 0 radical (unpaired) electrons. The van der Waals surface area contributed by atoms with E-state index in [0.717, 1.165) is 0 Å². The van der Waals surface area contributed by atoms with Gasteiger partial charge in [-0.1, -0.05) is 12.1 Å². The molecule has 0 unspecified atom stereocenters. The predicted molar refractivity (Wildman–Crippen MR) is 89.9 cm³/mol. The van der Waals surface area contributed by atoms with Crippen molar-refractivity contribution in [1.82, 2.24) is 0 Å². The number of phenols is 1. The number of hydrogen-bond acceptors (Lipinski definition) is 5. The van der Waals surface area contributed by atoms with Crippen molar-refractivity contribution in [1.29, 1.82) is 5.26 Å². The molecule has 0 saturated carbocycles. The first-order valence-electron chi connectivity index (χ1n) is 7.02. The van der Waals surface area contributed by atoms with Crippen molar-refractivity contribution in [3.05, 3.63) is 53.6 Å². The summed E-state index contributed by atoms with van der Waals surface area (Å²) in [6, 6.07) is 13.0. The van der Waals surface area contributed by atoms with Crippen LogP contribution in [0.25, 0.3) is 6.08 Å². The molecule has 122 valence electrons. The number of rotatable bonds is 5. The third-order valence-corrected chi connectivity index (χ3v) is 3.22. The zero-order valence-electron chi connectivity index (χ0n) is 13.2. The fourth-order valence-corrected chi connectivity index (χ4v) is 2.07. The predicted octanol–water partition coefficient (Wildman–Crippen LogP) is 2.96. The zero-order chi connectivity index (χ0) is 17.5. The first-order valence-corrected chi connectivity index (χ1v) is 7.02. The molecule has 0 fully saturated rings. The Balaban J connectivity index is 2.31. The van der Waals surface area contributed by atoms with Crippen molar-refractivity contribution >= 4 is 17.7 Å². The number of amides is 1. The van der Waals surface area contributed by atoms with Crippen molar-refractivity contribution in [2.45, 2.75) is 0 Å². The molecular weight excluding hydrogens is 308 g/mol. The highest BCUT2D eigenvalue weighted by Gasteiger charge is 2.13. The number of aromatic hydroxyl groups is 1. The van der Waals surface area contributed by atoms with Crippen LogP contribution >= 0.6 is 0 Å². The van der Waals surface area contributed by atoms with Crippen molar-refractivity contribution in [2.75, 3.05) is 19.5 Å². The second-order valence-corrected chi connectivity index (χ2v) is 4.75. The standard InChI is InChI=1S/C18H16N2O4/c1-23-16-5-3-4-12(17(16)24-2)10-13(11-19)18(22)20-14-6-8-15(21)9-7-14/h3-10,21H,1-2H3,(H,20,22)/b13-10-. The summed E-state index contributed by atoms with van der Waals surface area (Å²) in [6.07, 6.45) is 1.43. The zero-order valence-corrected chi connectivity index (χ0v) is 13.2. The second kappa shape index (κ2) is 7.70. The van der Waals surface area contributed by atoms with Gasteiger partial charge in [0.05, 0.1) is 14.2 Å². The fraction of sp³-hybridized carbons (Fsp3) is 0.111. The first kappa shape index (κ1) is 16.9. The van der Waals surface area contributed by atoms with E-state index in [4.69, 9.17) is 9.47 Å². The minimum absolute atomic E-state index is 0.0881. The van der Waals surface area contributed by atoms with Crippen LogP contribution in [-0.2, 0) is 4.79 Å². The molecule has 0 aliphatic heterocycles. The summed E-state index contributed by atoms with van der Waals surface area (Å²) in [7, 11) is 2.99. The normalized spacial score (nSPS) is 10.6. The number of methoxy groups -OCH3 is 2. The summed E-state index contributed by atoms with van der Waals surface area (Å²) in [6.45, 7) is 0. The van der Waals surface area contributed by atoms with Crippen LogP contribution in [0.4, 0.5) is 5.69 Å². The number of ether oxygens (including phenoxy) is 2. The van der Waals surface area contributed by atoms with E-state index in [-0.39, 0.29) is 11.3 Å². The van der Waals surface area contributed by atoms with Crippen LogP contribution in [0, 0.1) is 11.3 Å². The summed E-state index contributed by atoms with van der Waals surface area (Å²) in [4.78, 5) is 12.3. The maximum absolute atomic E-state index is 12.3. The second-order valence-electron chi connectivity index (χ2n) is 4.75. The molecule has 0 atom stereocenters. The Bertz CT molecular complexity index is 805. The number of nitrogens with zero attached hydrogens (tertiary/aromatic N) is 1. The van der Waals surface area contributed by atoms with Crippen LogP contribution in [0.3, 0.4) is 0 Å². The van der Waals surface area contributed by atoms with Crippen LogP contribution in [0.1, 0.15) is 5.56 Å². The lowest BCUT2D eigenvalue weighted by Crippen LogP contribution is -2.13. The fourth-order valence-electron chi connectivity index (χ4n) is 2.07.